The van der Waals surface area contributed by atoms with Crippen LogP contribution in [0.4, 0.5) is 0 Å². The first-order valence-corrected chi connectivity index (χ1v) is 9.44. The average molecular weight is 393 g/mol. The van der Waals surface area contributed by atoms with Crippen LogP contribution in [0.3, 0.4) is 0 Å². The Kier molecular flexibility index (Phi) is 6.95. The first kappa shape index (κ1) is 21.7. The average Bonchev–Trinajstić information content (AvgIpc) is 2.86. The lowest BCUT2D eigenvalue weighted by molar-refractivity contribution is 0.0895. The van der Waals surface area contributed by atoms with Crippen LogP contribution in [-0.4, -0.2) is 40.9 Å². The molecule has 1 aliphatic heterocycles. The molecule has 6 heteroatoms. The largest absolute Gasteiger partial charge is 0.497 e. The molecule has 0 aliphatic carbocycles. The van der Waals surface area contributed by atoms with Gasteiger partial charge < -0.3 is 10.5 Å². The smallest absolute Gasteiger partial charge is 0.118 e. The molecule has 0 radical (unpaired) electrons. The van der Waals surface area contributed by atoms with Crippen molar-refractivity contribution in [1.29, 1.82) is 0 Å². The van der Waals surface area contributed by atoms with Crippen LogP contribution in [0.1, 0.15) is 42.8 Å². The van der Waals surface area contributed by atoms with Gasteiger partial charge in [0.1, 0.15) is 5.75 Å². The number of ether oxygens (including phenoxy) is 1. The lowest BCUT2D eigenvalue weighted by Gasteiger charge is -2.42. The summed E-state index contributed by atoms with van der Waals surface area (Å²) in [5.74, 6) is 0.883. The monoisotopic (exact) mass is 392 g/mol. The lowest BCUT2D eigenvalue weighted by Crippen LogP contribution is -2.52. The molecular formula is C21H33ClN4O. The highest BCUT2D eigenvalue weighted by atomic mass is 35.5. The number of methoxy groups -OCH3 is 1. The van der Waals surface area contributed by atoms with E-state index >= 15 is 0 Å². The second-order valence-electron chi connectivity index (χ2n) is 8.25. The minimum Gasteiger partial charge on any atom is -0.497 e. The van der Waals surface area contributed by atoms with Crippen molar-refractivity contribution in [3.63, 3.8) is 0 Å². The molecule has 1 atom stereocenters. The molecule has 1 unspecified atom stereocenters. The van der Waals surface area contributed by atoms with E-state index in [4.69, 9.17) is 15.6 Å². The van der Waals surface area contributed by atoms with Gasteiger partial charge in [-0.15, -0.1) is 12.4 Å². The van der Waals surface area contributed by atoms with Crippen molar-refractivity contribution in [2.45, 2.75) is 53.2 Å². The number of halogens is 1. The van der Waals surface area contributed by atoms with Gasteiger partial charge in [0.25, 0.3) is 0 Å². The third-order valence-corrected chi connectivity index (χ3v) is 5.80. The summed E-state index contributed by atoms with van der Waals surface area (Å²) in [4.78, 5) is 2.53. The van der Waals surface area contributed by atoms with E-state index in [1.807, 2.05) is 12.1 Å². The molecule has 2 N–H and O–H groups in total. The molecule has 0 spiro atoms. The Morgan fingerprint density at radius 2 is 1.85 bits per heavy atom. The molecular weight excluding hydrogens is 360 g/mol. The first-order valence-electron chi connectivity index (χ1n) is 9.44. The highest BCUT2D eigenvalue weighted by molar-refractivity contribution is 5.85. The van der Waals surface area contributed by atoms with Crippen LogP contribution < -0.4 is 10.5 Å². The molecule has 5 nitrogen and oxygen atoms in total. The summed E-state index contributed by atoms with van der Waals surface area (Å²) < 4.78 is 7.36. The van der Waals surface area contributed by atoms with Gasteiger partial charge in [-0.2, -0.15) is 5.10 Å². The molecule has 0 amide bonds. The molecule has 1 aromatic carbocycles. The zero-order valence-electron chi connectivity index (χ0n) is 17.2. The predicted molar refractivity (Wildman–Crippen MR) is 113 cm³/mol. The number of aromatic nitrogens is 2. The maximum atomic E-state index is 6.29. The predicted octanol–water partition coefficient (Wildman–Crippen LogP) is 3.54. The van der Waals surface area contributed by atoms with Gasteiger partial charge in [-0.1, -0.05) is 26.0 Å². The molecule has 3 rings (SSSR count). The quantitative estimate of drug-likeness (QED) is 0.845. The van der Waals surface area contributed by atoms with Crippen LogP contribution in [-0.2, 0) is 13.1 Å². The first-order chi connectivity index (χ1) is 12.3. The summed E-state index contributed by atoms with van der Waals surface area (Å²) in [5.41, 5.74) is 11.4. The molecule has 0 saturated carbocycles. The Morgan fingerprint density at radius 3 is 2.44 bits per heavy atom. The molecule has 1 fully saturated rings. The van der Waals surface area contributed by atoms with Crippen LogP contribution in [0, 0.1) is 19.3 Å². The summed E-state index contributed by atoms with van der Waals surface area (Å²) in [7, 11) is 1.69. The highest BCUT2D eigenvalue weighted by Crippen LogP contribution is 2.29. The Morgan fingerprint density at radius 1 is 1.19 bits per heavy atom. The maximum absolute atomic E-state index is 6.29. The van der Waals surface area contributed by atoms with Crippen LogP contribution >= 0.6 is 12.4 Å². The van der Waals surface area contributed by atoms with E-state index in [0.29, 0.717) is 6.04 Å². The Bertz CT molecular complexity index is 754. The van der Waals surface area contributed by atoms with Crippen LogP contribution in [0.5, 0.6) is 5.75 Å². The minimum absolute atomic E-state index is 0. The number of nitrogens with two attached hydrogens (primary N) is 1. The number of nitrogens with zero attached hydrogens (tertiary/aromatic N) is 3. The molecule has 1 saturated heterocycles. The van der Waals surface area contributed by atoms with E-state index in [9.17, 15) is 0 Å². The number of hydrogen-bond donors (Lipinski definition) is 1. The topological polar surface area (TPSA) is 56.3 Å². The molecule has 2 heterocycles. The van der Waals surface area contributed by atoms with E-state index in [-0.39, 0.29) is 17.8 Å². The van der Waals surface area contributed by atoms with Crippen molar-refractivity contribution in [3.8, 4) is 5.75 Å². The minimum atomic E-state index is 0. The molecule has 150 valence electrons. The summed E-state index contributed by atoms with van der Waals surface area (Å²) >= 11 is 0. The standard InChI is InChI=1S/C21H32N4O.ClH/c1-15-19(13-24-11-10-20(22)21(3,4)14-24)16(2)25(23-15)12-17-6-8-18(26-5)9-7-17;/h6-9,20H,10-14,22H2,1-5H3;1H. The van der Waals surface area contributed by atoms with Gasteiger partial charge in [0, 0.05) is 36.9 Å². The normalized spacial score (nSPS) is 19.6. The molecule has 2 aromatic rings. The highest BCUT2D eigenvalue weighted by Gasteiger charge is 2.33. The zero-order valence-corrected chi connectivity index (χ0v) is 18.0. The molecule has 0 bridgehead atoms. The number of hydrogen-bond acceptors (Lipinski definition) is 4. The van der Waals surface area contributed by atoms with E-state index < -0.39 is 0 Å². The van der Waals surface area contributed by atoms with E-state index in [1.165, 1.54) is 16.8 Å². The maximum Gasteiger partial charge on any atom is 0.118 e. The van der Waals surface area contributed by atoms with Crippen LogP contribution in [0.25, 0.3) is 0 Å². The SMILES string of the molecule is COc1ccc(Cn2nc(C)c(CN3CCC(N)C(C)(C)C3)c2C)cc1.Cl. The van der Waals surface area contributed by atoms with Crippen molar-refractivity contribution >= 4 is 12.4 Å². The summed E-state index contributed by atoms with van der Waals surface area (Å²) in [6.45, 7) is 12.7. The summed E-state index contributed by atoms with van der Waals surface area (Å²) in [6.07, 6.45) is 1.06. The van der Waals surface area contributed by atoms with Crippen molar-refractivity contribution in [2.75, 3.05) is 20.2 Å². The third kappa shape index (κ3) is 4.84. The molecule has 27 heavy (non-hydrogen) atoms. The number of rotatable bonds is 5. The summed E-state index contributed by atoms with van der Waals surface area (Å²) in [6, 6.07) is 8.49. The summed E-state index contributed by atoms with van der Waals surface area (Å²) in [5, 5.41) is 4.80. The van der Waals surface area contributed by atoms with Crippen LogP contribution in [0.15, 0.2) is 24.3 Å². The number of likely N-dealkylation sites (tertiary alicyclic amines) is 1. The molecule has 1 aromatic heterocycles. The number of piperidine rings is 1. The number of aryl methyl sites for hydroxylation is 1. The molecule has 1 aliphatic rings. The van der Waals surface area contributed by atoms with Gasteiger partial charge in [-0.05, 0) is 43.4 Å². The fraction of sp³-hybridized carbons (Fsp3) is 0.571. The Hall–Kier alpha value is -1.56. The Labute approximate surface area is 169 Å². The fourth-order valence-electron chi connectivity index (χ4n) is 3.86. The third-order valence-electron chi connectivity index (χ3n) is 5.80. The van der Waals surface area contributed by atoms with Crippen LogP contribution in [0.2, 0.25) is 0 Å². The van der Waals surface area contributed by atoms with Crippen molar-refractivity contribution in [2.24, 2.45) is 11.1 Å². The van der Waals surface area contributed by atoms with Gasteiger partial charge in [-0.25, -0.2) is 0 Å². The zero-order chi connectivity index (χ0) is 18.9. The van der Waals surface area contributed by atoms with E-state index in [2.05, 4.69) is 49.4 Å². The van der Waals surface area contributed by atoms with Crippen molar-refractivity contribution in [1.82, 2.24) is 14.7 Å². The van der Waals surface area contributed by atoms with Gasteiger partial charge in [0.05, 0.1) is 19.3 Å². The van der Waals surface area contributed by atoms with E-state index in [1.54, 1.807) is 7.11 Å². The van der Waals surface area contributed by atoms with Gasteiger partial charge in [-0.3, -0.25) is 9.58 Å². The second kappa shape index (κ2) is 8.63. The fourth-order valence-corrected chi connectivity index (χ4v) is 3.86. The van der Waals surface area contributed by atoms with Gasteiger partial charge >= 0.3 is 0 Å². The van der Waals surface area contributed by atoms with Gasteiger partial charge in [0.15, 0.2) is 0 Å². The van der Waals surface area contributed by atoms with Crippen molar-refractivity contribution in [3.05, 3.63) is 46.8 Å². The second-order valence-corrected chi connectivity index (χ2v) is 8.25. The van der Waals surface area contributed by atoms with E-state index in [0.717, 1.165) is 44.0 Å². The Balaban J connectivity index is 0.00000261. The number of benzene rings is 1. The van der Waals surface area contributed by atoms with Crippen molar-refractivity contribution < 1.29 is 4.74 Å². The van der Waals surface area contributed by atoms with Gasteiger partial charge in [0.2, 0.25) is 0 Å². The lowest BCUT2D eigenvalue weighted by atomic mass is 9.79.